The van der Waals surface area contributed by atoms with E-state index in [0.29, 0.717) is 11.2 Å². The molecule has 1 aliphatic rings. The van der Waals surface area contributed by atoms with Gasteiger partial charge in [-0.1, -0.05) is 23.4 Å². The number of hydrogen-bond donors (Lipinski definition) is 2. The van der Waals surface area contributed by atoms with Gasteiger partial charge >= 0.3 is 19.5 Å². The van der Waals surface area contributed by atoms with Crippen LogP contribution in [0, 0.1) is 10.8 Å². The maximum Gasteiger partial charge on any atom is 0.388 e. The van der Waals surface area contributed by atoms with E-state index in [0.717, 1.165) is 0 Å². The van der Waals surface area contributed by atoms with Gasteiger partial charge in [0.1, 0.15) is 24.6 Å². The molecule has 0 aliphatic carbocycles. The van der Waals surface area contributed by atoms with Gasteiger partial charge in [-0.15, -0.1) is 5.10 Å². The Kier molecular flexibility index (Phi) is 11.5. The van der Waals surface area contributed by atoms with Crippen molar-refractivity contribution in [3.05, 3.63) is 54.7 Å². The van der Waals surface area contributed by atoms with E-state index in [-0.39, 0.29) is 29.2 Å². The Labute approximate surface area is 298 Å². The van der Waals surface area contributed by atoms with E-state index in [2.05, 4.69) is 30.6 Å². The van der Waals surface area contributed by atoms with Crippen LogP contribution in [0.3, 0.4) is 0 Å². The maximum atomic E-state index is 13.9. The summed E-state index contributed by atoms with van der Waals surface area (Å²) in [5.74, 6) is -1.46. The molecule has 5 rings (SSSR count). The number of aliphatic hydroxyl groups is 1. The predicted molar refractivity (Wildman–Crippen MR) is 181 cm³/mol. The van der Waals surface area contributed by atoms with E-state index in [9.17, 15) is 24.1 Å². The summed E-state index contributed by atoms with van der Waals surface area (Å²) in [7, 11) is -2.99. The van der Waals surface area contributed by atoms with Gasteiger partial charge in [0.25, 0.3) is 5.91 Å². The number of carbonyl (C=O) groups is 3. The highest BCUT2D eigenvalue weighted by molar-refractivity contribution is 7.61. The number of hydrogen-bond acceptors (Lipinski definition) is 16. The van der Waals surface area contributed by atoms with Crippen molar-refractivity contribution >= 4 is 47.9 Å². The molecule has 20 heteroatoms. The van der Waals surface area contributed by atoms with E-state index in [1.54, 1.807) is 76.4 Å². The molecule has 1 amide bonds. The molecule has 1 saturated heterocycles. The lowest BCUT2D eigenvalue weighted by Gasteiger charge is -2.20. The number of carbonyl (C=O) groups excluding carboxylic acids is 3. The fraction of sp³-hybridized carbons (Fsp3) is 0.500. The Morgan fingerprint density at radius 3 is 2.19 bits per heavy atom. The molecule has 19 nitrogen and oxygen atoms in total. The standard InChI is InChI=1S/C32H41N8O11P/c1-31(2,3)29(43)47-17-49-52(45,50-18-48-30(44)32(4,5)6)21-14-39(38-37-21)13-20-23(41)24(46-7)28(51-20)40-16-35-22-25(33-15-34-26(22)40)36-27(42)19-11-9-8-10-12-19/h8-12,14-16,20,23-24,28,41H,13,17-18H2,1-7H3,(H,33,34,36,42)/t20-,23-,24-,28-/m1/s1. The second kappa shape index (κ2) is 15.5. The molecule has 2 N–H and O–H groups in total. The third-order valence-electron chi connectivity index (χ3n) is 7.71. The average molecular weight is 745 g/mol. The number of aliphatic hydroxyl groups excluding tert-OH is 1. The first kappa shape index (κ1) is 38.6. The monoisotopic (exact) mass is 744 g/mol. The van der Waals surface area contributed by atoms with Crippen molar-refractivity contribution in [1.29, 1.82) is 0 Å². The smallest absolute Gasteiger partial charge is 0.388 e. The molecular formula is C32H41N8O11P. The first-order chi connectivity index (χ1) is 24.5. The van der Waals surface area contributed by atoms with Gasteiger partial charge in [0.2, 0.25) is 13.6 Å². The molecule has 4 atom stereocenters. The number of methoxy groups -OCH3 is 1. The Balaban J connectivity index is 1.32. The number of nitrogens with zero attached hydrogens (tertiary/aromatic N) is 7. The highest BCUT2D eigenvalue weighted by Crippen LogP contribution is 2.46. The fourth-order valence-electron chi connectivity index (χ4n) is 4.84. The zero-order chi connectivity index (χ0) is 37.8. The molecule has 280 valence electrons. The van der Waals surface area contributed by atoms with Gasteiger partial charge in [-0.25, -0.2) is 19.6 Å². The normalized spacial score (nSPS) is 19.5. The number of benzene rings is 1. The topological polar surface area (TPSA) is 230 Å². The molecule has 52 heavy (non-hydrogen) atoms. The second-order valence-corrected chi connectivity index (χ2v) is 15.7. The quantitative estimate of drug-likeness (QED) is 0.114. The van der Waals surface area contributed by atoms with E-state index in [1.165, 1.54) is 30.6 Å². The molecular weight excluding hydrogens is 703 g/mol. The zero-order valence-corrected chi connectivity index (χ0v) is 30.6. The molecule has 4 aromatic rings. The minimum atomic E-state index is -4.39. The van der Waals surface area contributed by atoms with Crippen molar-refractivity contribution < 1.29 is 52.1 Å². The molecule has 0 saturated carbocycles. The van der Waals surface area contributed by atoms with Crippen molar-refractivity contribution in [3.8, 4) is 0 Å². The summed E-state index contributed by atoms with van der Waals surface area (Å²) in [6, 6.07) is 8.60. The minimum Gasteiger partial charge on any atom is -0.438 e. The summed E-state index contributed by atoms with van der Waals surface area (Å²) in [5, 5.41) is 21.9. The molecule has 1 fully saturated rings. The van der Waals surface area contributed by atoms with Crippen molar-refractivity contribution in [1.82, 2.24) is 34.5 Å². The number of esters is 2. The molecule has 0 spiro atoms. The third kappa shape index (κ3) is 8.68. The Morgan fingerprint density at radius 1 is 0.962 bits per heavy atom. The number of nitrogens with one attached hydrogen (secondary N) is 1. The van der Waals surface area contributed by atoms with Gasteiger partial charge < -0.3 is 29.4 Å². The van der Waals surface area contributed by atoms with Gasteiger partial charge in [-0.3, -0.25) is 32.6 Å². The summed E-state index contributed by atoms with van der Waals surface area (Å²) in [6.07, 6.45) is -0.0474. The summed E-state index contributed by atoms with van der Waals surface area (Å²) in [6.45, 7) is 8.18. The van der Waals surface area contributed by atoms with E-state index < -0.39 is 68.5 Å². The highest BCUT2D eigenvalue weighted by Gasteiger charge is 2.46. The summed E-state index contributed by atoms with van der Waals surface area (Å²) >= 11 is 0. The van der Waals surface area contributed by atoms with Crippen LogP contribution in [0.25, 0.3) is 11.2 Å². The van der Waals surface area contributed by atoms with Crippen molar-refractivity contribution in [2.45, 2.75) is 72.6 Å². The number of aromatic nitrogens is 7. The van der Waals surface area contributed by atoms with Gasteiger partial charge in [0.05, 0.1) is 29.9 Å². The predicted octanol–water partition coefficient (Wildman–Crippen LogP) is 2.59. The van der Waals surface area contributed by atoms with Crippen LogP contribution in [-0.4, -0.2) is 96.5 Å². The number of rotatable bonds is 13. The number of fused-ring (bicyclic) bond motifs is 1. The highest BCUT2D eigenvalue weighted by atomic mass is 31.2. The lowest BCUT2D eigenvalue weighted by atomic mass is 9.98. The van der Waals surface area contributed by atoms with Crippen LogP contribution in [0.5, 0.6) is 0 Å². The molecule has 3 aromatic heterocycles. The van der Waals surface area contributed by atoms with Crippen LogP contribution >= 0.6 is 7.60 Å². The van der Waals surface area contributed by atoms with Crippen molar-refractivity contribution in [2.75, 3.05) is 26.0 Å². The number of ether oxygens (including phenoxy) is 4. The molecule has 0 unspecified atom stereocenters. The largest absolute Gasteiger partial charge is 0.438 e. The maximum absolute atomic E-state index is 13.9. The van der Waals surface area contributed by atoms with Gasteiger partial charge in [0, 0.05) is 12.7 Å². The van der Waals surface area contributed by atoms with Crippen LogP contribution < -0.4 is 10.8 Å². The lowest BCUT2D eigenvalue weighted by Crippen LogP contribution is -2.35. The zero-order valence-electron chi connectivity index (χ0n) is 29.7. The fourth-order valence-corrected chi connectivity index (χ4v) is 5.98. The van der Waals surface area contributed by atoms with Crippen LogP contribution in [0.15, 0.2) is 49.2 Å². The molecule has 1 aromatic carbocycles. The third-order valence-corrected chi connectivity index (χ3v) is 9.37. The summed E-state index contributed by atoms with van der Waals surface area (Å²) < 4.78 is 49.5. The van der Waals surface area contributed by atoms with E-state index in [4.69, 9.17) is 28.0 Å². The minimum absolute atomic E-state index is 0.109. The van der Waals surface area contributed by atoms with Crippen LogP contribution in [0.4, 0.5) is 5.82 Å². The Hall–Kier alpha value is -4.65. The number of amides is 1. The molecule has 4 heterocycles. The van der Waals surface area contributed by atoms with Crippen LogP contribution in [0.2, 0.25) is 0 Å². The number of imidazole rings is 1. The van der Waals surface area contributed by atoms with Gasteiger partial charge in [-0.2, -0.15) is 0 Å². The Morgan fingerprint density at radius 2 is 1.60 bits per heavy atom. The van der Waals surface area contributed by atoms with E-state index in [1.807, 2.05) is 0 Å². The second-order valence-electron chi connectivity index (χ2n) is 13.8. The van der Waals surface area contributed by atoms with Gasteiger partial charge in [-0.05, 0) is 53.7 Å². The first-order valence-corrected chi connectivity index (χ1v) is 17.6. The van der Waals surface area contributed by atoms with Crippen molar-refractivity contribution in [2.24, 2.45) is 10.8 Å². The summed E-state index contributed by atoms with van der Waals surface area (Å²) in [4.78, 5) is 50.2. The molecule has 0 radical (unpaired) electrons. The Bertz CT molecular complexity index is 1900. The average Bonchev–Trinajstić information content (AvgIpc) is 3.82. The summed E-state index contributed by atoms with van der Waals surface area (Å²) in [5.41, 5.74) is -1.01. The first-order valence-electron chi connectivity index (χ1n) is 16.1. The molecule has 0 bridgehead atoms. The lowest BCUT2D eigenvalue weighted by molar-refractivity contribution is -0.161. The SMILES string of the molecule is CO[C@@H]1[C@H](O)[C@@H](Cn2cc(P(=O)(OCOC(=O)C(C)(C)C)OCOC(=O)C(C)(C)C)nn2)O[C@H]1n1cnc2c(NC(=O)c3ccccc3)ncnc21. The molecule has 1 aliphatic heterocycles. The van der Waals surface area contributed by atoms with Crippen LogP contribution in [0.1, 0.15) is 58.1 Å². The number of anilines is 1. The van der Waals surface area contributed by atoms with E-state index >= 15 is 0 Å². The van der Waals surface area contributed by atoms with Gasteiger partial charge in [0.15, 0.2) is 28.6 Å². The van der Waals surface area contributed by atoms with Crippen molar-refractivity contribution in [3.63, 3.8) is 0 Å². The van der Waals surface area contributed by atoms with Crippen LogP contribution in [-0.2, 0) is 48.7 Å².